The molecule has 0 heterocycles. The molecule has 1 aromatic rings. The number of esters is 1. The minimum Gasteiger partial charge on any atom is -0.452 e. The summed E-state index contributed by atoms with van der Waals surface area (Å²) in [4.78, 5) is 22.7. The summed E-state index contributed by atoms with van der Waals surface area (Å²) >= 11 is 3.33. The molecule has 94 valence electrons. The zero-order valence-electron chi connectivity index (χ0n) is 9.83. The van der Waals surface area contributed by atoms with E-state index in [0.717, 1.165) is 10.0 Å². The van der Waals surface area contributed by atoms with Crippen molar-refractivity contribution >= 4 is 33.5 Å². The van der Waals surface area contributed by atoms with Crippen molar-refractivity contribution in [2.75, 3.05) is 11.9 Å². The summed E-state index contributed by atoms with van der Waals surface area (Å²) in [5.74, 6) is 1.09. The molecule has 0 saturated heterocycles. The number of amides is 1. The monoisotopic (exact) mass is 309 g/mol. The third kappa shape index (κ3) is 4.60. The molecule has 0 bridgehead atoms. The molecule has 18 heavy (non-hydrogen) atoms. The molecule has 0 aliphatic heterocycles. The third-order valence-corrected chi connectivity index (χ3v) is 2.58. The van der Waals surface area contributed by atoms with E-state index in [-0.39, 0.29) is 13.0 Å². The summed E-state index contributed by atoms with van der Waals surface area (Å²) in [6.45, 7) is 1.74. The molecule has 0 unspecified atom stereocenters. The predicted molar refractivity (Wildman–Crippen MR) is 71.9 cm³/mol. The molecular weight excluding hydrogens is 298 g/mol. The number of hydrogen-bond donors (Lipinski definition) is 1. The molecule has 0 radical (unpaired) electrons. The second kappa shape index (κ2) is 6.82. The van der Waals surface area contributed by atoms with Gasteiger partial charge in [0.05, 0.1) is 0 Å². The summed E-state index contributed by atoms with van der Waals surface area (Å²) in [5, 5.41) is 2.63. The van der Waals surface area contributed by atoms with E-state index in [0.29, 0.717) is 5.69 Å². The Hall–Kier alpha value is -1.80. The number of benzene rings is 1. The van der Waals surface area contributed by atoms with Gasteiger partial charge in [0.2, 0.25) is 5.91 Å². The lowest BCUT2D eigenvalue weighted by Gasteiger charge is -2.08. The van der Waals surface area contributed by atoms with Gasteiger partial charge in [0.15, 0.2) is 6.61 Å². The molecule has 0 fully saturated rings. The van der Waals surface area contributed by atoms with E-state index in [1.807, 2.05) is 13.0 Å². The lowest BCUT2D eigenvalue weighted by atomic mass is 10.2. The summed E-state index contributed by atoms with van der Waals surface area (Å²) in [6, 6.07) is 5.43. The van der Waals surface area contributed by atoms with Crippen LogP contribution in [0.3, 0.4) is 0 Å². The summed E-state index contributed by atoms with van der Waals surface area (Å²) in [7, 11) is 0. The Morgan fingerprint density at radius 2 is 2.22 bits per heavy atom. The average Bonchev–Trinajstić information content (AvgIpc) is 2.30. The van der Waals surface area contributed by atoms with Crippen LogP contribution in [0.5, 0.6) is 0 Å². The predicted octanol–water partition coefficient (Wildman–Crippen LogP) is 2.26. The van der Waals surface area contributed by atoms with Crippen LogP contribution in [-0.2, 0) is 14.3 Å². The Bertz CT molecular complexity index is 505. The Labute approximate surface area is 114 Å². The van der Waals surface area contributed by atoms with Gasteiger partial charge in [-0.15, -0.1) is 6.42 Å². The van der Waals surface area contributed by atoms with Crippen LogP contribution in [0.4, 0.5) is 5.69 Å². The van der Waals surface area contributed by atoms with Crippen molar-refractivity contribution in [2.24, 2.45) is 0 Å². The fraction of sp³-hybridized carbons (Fsp3) is 0.231. The number of rotatable bonds is 4. The van der Waals surface area contributed by atoms with Crippen LogP contribution in [0.2, 0.25) is 0 Å². The maximum absolute atomic E-state index is 11.5. The zero-order valence-corrected chi connectivity index (χ0v) is 11.4. The molecule has 1 N–H and O–H groups in total. The van der Waals surface area contributed by atoms with E-state index in [1.165, 1.54) is 0 Å². The van der Waals surface area contributed by atoms with Gasteiger partial charge in [-0.2, -0.15) is 0 Å². The van der Waals surface area contributed by atoms with Gasteiger partial charge < -0.3 is 10.1 Å². The van der Waals surface area contributed by atoms with Crippen molar-refractivity contribution in [3.8, 4) is 12.3 Å². The lowest BCUT2D eigenvalue weighted by molar-refractivity contribution is -0.144. The van der Waals surface area contributed by atoms with Gasteiger partial charge in [-0.05, 0) is 30.7 Å². The van der Waals surface area contributed by atoms with Crippen LogP contribution >= 0.6 is 15.9 Å². The largest absolute Gasteiger partial charge is 0.452 e. The molecule has 0 atom stereocenters. The summed E-state index contributed by atoms with van der Waals surface area (Å²) < 4.78 is 5.53. The number of hydrogen-bond acceptors (Lipinski definition) is 3. The van der Waals surface area contributed by atoms with Crippen molar-refractivity contribution in [1.82, 2.24) is 0 Å². The number of ether oxygens (including phenoxy) is 1. The van der Waals surface area contributed by atoms with Crippen LogP contribution in [0.15, 0.2) is 22.7 Å². The topological polar surface area (TPSA) is 55.4 Å². The van der Waals surface area contributed by atoms with Gasteiger partial charge in [-0.1, -0.05) is 21.9 Å². The highest BCUT2D eigenvalue weighted by Crippen LogP contribution is 2.20. The third-order valence-electron chi connectivity index (χ3n) is 2.08. The first-order valence-electron chi connectivity index (χ1n) is 5.18. The molecule has 0 saturated carbocycles. The molecule has 1 amide bonds. The van der Waals surface area contributed by atoms with Gasteiger partial charge in [0.1, 0.15) is 6.42 Å². The summed E-state index contributed by atoms with van der Waals surface area (Å²) in [6.07, 6.45) is 4.58. The maximum atomic E-state index is 11.5. The zero-order chi connectivity index (χ0) is 13.5. The van der Waals surface area contributed by atoms with Crippen molar-refractivity contribution < 1.29 is 14.3 Å². The van der Waals surface area contributed by atoms with Gasteiger partial charge in [0, 0.05) is 10.2 Å². The Balaban J connectivity index is 2.55. The highest BCUT2D eigenvalue weighted by molar-refractivity contribution is 9.10. The molecule has 4 nitrogen and oxygen atoms in total. The van der Waals surface area contributed by atoms with E-state index >= 15 is 0 Å². The lowest BCUT2D eigenvalue weighted by Crippen LogP contribution is -2.18. The second-order valence-corrected chi connectivity index (χ2v) is 4.46. The molecule has 0 aromatic heterocycles. The highest BCUT2D eigenvalue weighted by Gasteiger charge is 2.11. The number of terminal acetylenes is 1. The first kappa shape index (κ1) is 14.3. The Morgan fingerprint density at radius 1 is 1.50 bits per heavy atom. The first-order valence-corrected chi connectivity index (χ1v) is 5.97. The first-order chi connectivity index (χ1) is 8.52. The van der Waals surface area contributed by atoms with Crippen LogP contribution in [0.1, 0.15) is 12.0 Å². The van der Waals surface area contributed by atoms with E-state index < -0.39 is 11.9 Å². The van der Waals surface area contributed by atoms with Gasteiger partial charge >= 0.3 is 5.97 Å². The molecule has 0 aliphatic carbocycles. The average molecular weight is 310 g/mol. The SMILES string of the molecule is C#CCOC(=O)CC(=O)Nc1ccc(Br)cc1C. The van der Waals surface area contributed by atoms with E-state index in [4.69, 9.17) is 6.42 Å². The van der Waals surface area contributed by atoms with Crippen molar-refractivity contribution in [1.29, 1.82) is 0 Å². The number of aryl methyl sites for hydroxylation is 1. The molecule has 1 aromatic carbocycles. The van der Waals surface area contributed by atoms with Crippen molar-refractivity contribution in [3.05, 3.63) is 28.2 Å². The van der Waals surface area contributed by atoms with Gasteiger partial charge in [-0.25, -0.2) is 0 Å². The Kier molecular flexibility index (Phi) is 5.40. The van der Waals surface area contributed by atoms with E-state index in [1.54, 1.807) is 12.1 Å². The molecule has 1 rings (SSSR count). The summed E-state index contributed by atoms with van der Waals surface area (Å²) in [5.41, 5.74) is 1.56. The van der Waals surface area contributed by atoms with E-state index in [2.05, 4.69) is 31.9 Å². The quantitative estimate of drug-likeness (QED) is 0.527. The normalized spacial score (nSPS) is 9.39. The Morgan fingerprint density at radius 3 is 2.83 bits per heavy atom. The number of nitrogens with one attached hydrogen (secondary N) is 1. The van der Waals surface area contributed by atoms with Crippen molar-refractivity contribution in [2.45, 2.75) is 13.3 Å². The van der Waals surface area contributed by atoms with Crippen LogP contribution in [0.25, 0.3) is 0 Å². The maximum Gasteiger partial charge on any atom is 0.316 e. The highest BCUT2D eigenvalue weighted by atomic mass is 79.9. The number of halogens is 1. The molecule has 0 spiro atoms. The minimum atomic E-state index is -0.639. The molecule has 0 aliphatic rings. The number of anilines is 1. The second-order valence-electron chi connectivity index (χ2n) is 3.55. The van der Waals surface area contributed by atoms with Crippen LogP contribution < -0.4 is 5.32 Å². The molecular formula is C13H12BrNO3. The fourth-order valence-electron chi connectivity index (χ4n) is 1.27. The number of carbonyl (C=O) groups is 2. The van der Waals surface area contributed by atoms with Crippen molar-refractivity contribution in [3.63, 3.8) is 0 Å². The van der Waals surface area contributed by atoms with Crippen LogP contribution in [-0.4, -0.2) is 18.5 Å². The standard InChI is InChI=1S/C13H12BrNO3/c1-3-6-18-13(17)8-12(16)15-11-5-4-10(14)7-9(11)2/h1,4-5,7H,6,8H2,2H3,(H,15,16). The van der Waals surface area contributed by atoms with Gasteiger partial charge in [-0.3, -0.25) is 9.59 Å². The van der Waals surface area contributed by atoms with E-state index in [9.17, 15) is 9.59 Å². The smallest absolute Gasteiger partial charge is 0.316 e. The van der Waals surface area contributed by atoms with Crippen LogP contribution in [0, 0.1) is 19.3 Å². The fourth-order valence-corrected chi connectivity index (χ4v) is 1.74. The van der Waals surface area contributed by atoms with Gasteiger partial charge in [0.25, 0.3) is 0 Å². The molecule has 5 heteroatoms. The number of carbonyl (C=O) groups excluding carboxylic acids is 2. The minimum absolute atomic E-state index is 0.122.